The van der Waals surface area contributed by atoms with Gasteiger partial charge in [-0.1, -0.05) is 6.92 Å². The topological polar surface area (TPSA) is 38.1 Å². The van der Waals surface area contributed by atoms with Crippen LogP contribution >= 0.6 is 0 Å². The van der Waals surface area contributed by atoms with Crippen molar-refractivity contribution in [1.82, 2.24) is 14.7 Å². The van der Waals surface area contributed by atoms with Crippen LogP contribution in [0.2, 0.25) is 0 Å². The second kappa shape index (κ2) is 4.28. The Kier molecular flexibility index (Phi) is 3.41. The molecule has 0 fully saturated rings. The average molecular weight is 223 g/mol. The summed E-state index contributed by atoms with van der Waals surface area (Å²) in [4.78, 5) is 13.5. The van der Waals surface area contributed by atoms with E-state index in [-0.39, 0.29) is 11.4 Å². The molecule has 0 aliphatic carbocycles. The first-order chi connectivity index (χ1) is 7.29. The van der Waals surface area contributed by atoms with Crippen LogP contribution in [0.5, 0.6) is 0 Å². The summed E-state index contributed by atoms with van der Waals surface area (Å²) < 4.78 is 1.93. The van der Waals surface area contributed by atoms with Gasteiger partial charge in [0.05, 0.1) is 23.0 Å². The fourth-order valence-electron chi connectivity index (χ4n) is 1.71. The van der Waals surface area contributed by atoms with E-state index in [1.165, 1.54) is 0 Å². The molecule has 1 rings (SSSR count). The number of carbonyl (C=O) groups excluding carboxylic acids is 1. The molecule has 0 saturated heterocycles. The van der Waals surface area contributed by atoms with Crippen molar-refractivity contribution in [1.29, 1.82) is 0 Å². The summed E-state index contributed by atoms with van der Waals surface area (Å²) in [5.74, 6) is 0.0207. The molecule has 0 saturated carbocycles. The SMILES string of the molecule is CCc1c(C(=O)N(C)C)cnn1C(C)(C)C. The van der Waals surface area contributed by atoms with Crippen molar-refractivity contribution in [3.63, 3.8) is 0 Å². The van der Waals surface area contributed by atoms with Gasteiger partial charge in [0.25, 0.3) is 5.91 Å². The van der Waals surface area contributed by atoms with Crippen LogP contribution in [0.25, 0.3) is 0 Å². The zero-order valence-electron chi connectivity index (χ0n) is 11.0. The van der Waals surface area contributed by atoms with E-state index in [1.54, 1.807) is 25.2 Å². The molecule has 1 heterocycles. The lowest BCUT2D eigenvalue weighted by atomic mass is 10.1. The van der Waals surface area contributed by atoms with Crippen molar-refractivity contribution in [2.75, 3.05) is 14.1 Å². The molecule has 0 N–H and O–H groups in total. The molecular formula is C12H21N3O. The zero-order chi connectivity index (χ0) is 12.5. The largest absolute Gasteiger partial charge is 0.345 e. The fourth-order valence-corrected chi connectivity index (χ4v) is 1.71. The molecule has 1 aromatic heterocycles. The Morgan fingerprint density at radius 2 is 2.00 bits per heavy atom. The summed E-state index contributed by atoms with van der Waals surface area (Å²) in [5, 5.41) is 4.33. The highest BCUT2D eigenvalue weighted by atomic mass is 16.2. The molecule has 1 amide bonds. The van der Waals surface area contributed by atoms with Crippen LogP contribution in [0, 0.1) is 0 Å². The van der Waals surface area contributed by atoms with Crippen LogP contribution < -0.4 is 0 Å². The van der Waals surface area contributed by atoms with Crippen molar-refractivity contribution >= 4 is 5.91 Å². The van der Waals surface area contributed by atoms with Gasteiger partial charge in [0.15, 0.2) is 0 Å². The molecule has 90 valence electrons. The summed E-state index contributed by atoms with van der Waals surface area (Å²) >= 11 is 0. The number of aromatic nitrogens is 2. The first-order valence-corrected chi connectivity index (χ1v) is 5.58. The summed E-state index contributed by atoms with van der Waals surface area (Å²) in [5.41, 5.74) is 1.63. The van der Waals surface area contributed by atoms with Crippen LogP contribution in [-0.4, -0.2) is 34.7 Å². The van der Waals surface area contributed by atoms with Crippen molar-refractivity contribution in [2.45, 2.75) is 39.7 Å². The van der Waals surface area contributed by atoms with Gasteiger partial charge in [-0.05, 0) is 27.2 Å². The van der Waals surface area contributed by atoms with Gasteiger partial charge < -0.3 is 4.90 Å². The molecule has 0 unspecified atom stereocenters. The predicted molar refractivity (Wildman–Crippen MR) is 64.6 cm³/mol. The second-order valence-corrected chi connectivity index (χ2v) is 5.14. The third kappa shape index (κ3) is 2.26. The number of hydrogen-bond donors (Lipinski definition) is 0. The molecule has 4 heteroatoms. The van der Waals surface area contributed by atoms with Gasteiger partial charge in [0, 0.05) is 14.1 Å². The maximum atomic E-state index is 11.9. The van der Waals surface area contributed by atoms with E-state index in [0.29, 0.717) is 5.56 Å². The summed E-state index contributed by atoms with van der Waals surface area (Å²) in [7, 11) is 3.52. The van der Waals surface area contributed by atoms with E-state index in [0.717, 1.165) is 12.1 Å². The minimum Gasteiger partial charge on any atom is -0.345 e. The number of carbonyl (C=O) groups is 1. The molecule has 0 aromatic carbocycles. The minimum absolute atomic E-state index is 0.0207. The second-order valence-electron chi connectivity index (χ2n) is 5.14. The van der Waals surface area contributed by atoms with E-state index in [1.807, 2.05) is 11.6 Å². The van der Waals surface area contributed by atoms with Gasteiger partial charge in [0.2, 0.25) is 0 Å². The summed E-state index contributed by atoms with van der Waals surface area (Å²) in [6, 6.07) is 0. The summed E-state index contributed by atoms with van der Waals surface area (Å²) in [6.07, 6.45) is 2.48. The monoisotopic (exact) mass is 223 g/mol. The smallest absolute Gasteiger partial charge is 0.256 e. The average Bonchev–Trinajstić information content (AvgIpc) is 2.58. The van der Waals surface area contributed by atoms with Crippen molar-refractivity contribution in [2.24, 2.45) is 0 Å². The van der Waals surface area contributed by atoms with Crippen LogP contribution in [-0.2, 0) is 12.0 Å². The lowest BCUT2D eigenvalue weighted by Crippen LogP contribution is -2.27. The highest BCUT2D eigenvalue weighted by molar-refractivity contribution is 5.94. The first kappa shape index (κ1) is 12.7. The number of amides is 1. The quantitative estimate of drug-likeness (QED) is 0.768. The zero-order valence-corrected chi connectivity index (χ0v) is 11.0. The Morgan fingerprint density at radius 1 is 1.44 bits per heavy atom. The molecule has 0 bridgehead atoms. The molecule has 1 aromatic rings. The van der Waals surface area contributed by atoms with E-state index in [4.69, 9.17) is 0 Å². The predicted octanol–water partition coefficient (Wildman–Crippen LogP) is 1.90. The molecule has 4 nitrogen and oxygen atoms in total. The highest BCUT2D eigenvalue weighted by Gasteiger charge is 2.23. The maximum Gasteiger partial charge on any atom is 0.256 e. The Bertz CT molecular complexity index is 385. The van der Waals surface area contributed by atoms with Gasteiger partial charge in [0.1, 0.15) is 0 Å². The number of hydrogen-bond acceptors (Lipinski definition) is 2. The van der Waals surface area contributed by atoms with Gasteiger partial charge >= 0.3 is 0 Å². The lowest BCUT2D eigenvalue weighted by molar-refractivity contribution is 0.0826. The van der Waals surface area contributed by atoms with Crippen LogP contribution in [0.1, 0.15) is 43.7 Å². The van der Waals surface area contributed by atoms with Crippen LogP contribution in [0.4, 0.5) is 0 Å². The van der Waals surface area contributed by atoms with Gasteiger partial charge in [-0.25, -0.2) is 0 Å². The third-order valence-electron chi connectivity index (χ3n) is 2.48. The number of nitrogens with zero attached hydrogens (tertiary/aromatic N) is 3. The van der Waals surface area contributed by atoms with E-state index in [9.17, 15) is 4.79 Å². The Balaban J connectivity index is 3.24. The molecule has 0 aliphatic rings. The Morgan fingerprint density at radius 3 is 2.38 bits per heavy atom. The minimum atomic E-state index is -0.0871. The van der Waals surface area contributed by atoms with Crippen LogP contribution in [0.15, 0.2) is 6.20 Å². The standard InChI is InChI=1S/C12H21N3O/c1-7-10-9(11(16)14(5)6)8-13-15(10)12(2,3)4/h8H,7H2,1-6H3. The van der Waals surface area contributed by atoms with Gasteiger partial charge in [-0.2, -0.15) is 5.10 Å². The maximum absolute atomic E-state index is 11.9. The molecule has 0 aliphatic heterocycles. The third-order valence-corrected chi connectivity index (χ3v) is 2.48. The van der Waals surface area contributed by atoms with E-state index in [2.05, 4.69) is 25.9 Å². The first-order valence-electron chi connectivity index (χ1n) is 5.58. The van der Waals surface area contributed by atoms with Gasteiger partial charge in [-0.3, -0.25) is 9.48 Å². The molecule has 16 heavy (non-hydrogen) atoms. The van der Waals surface area contributed by atoms with E-state index >= 15 is 0 Å². The van der Waals surface area contributed by atoms with Crippen LogP contribution in [0.3, 0.4) is 0 Å². The Labute approximate surface area is 97.2 Å². The Hall–Kier alpha value is -1.32. The van der Waals surface area contributed by atoms with E-state index < -0.39 is 0 Å². The fraction of sp³-hybridized carbons (Fsp3) is 0.667. The molecular weight excluding hydrogens is 202 g/mol. The van der Waals surface area contributed by atoms with Gasteiger partial charge in [-0.15, -0.1) is 0 Å². The molecule has 0 spiro atoms. The lowest BCUT2D eigenvalue weighted by Gasteiger charge is -2.22. The van der Waals surface area contributed by atoms with Crippen molar-refractivity contribution in [3.05, 3.63) is 17.5 Å². The molecule has 0 radical (unpaired) electrons. The number of rotatable bonds is 2. The van der Waals surface area contributed by atoms with Crippen molar-refractivity contribution in [3.8, 4) is 0 Å². The molecule has 0 atom stereocenters. The summed E-state index contributed by atoms with van der Waals surface area (Å²) in [6.45, 7) is 8.31. The van der Waals surface area contributed by atoms with Crippen molar-refractivity contribution < 1.29 is 4.79 Å². The normalized spacial score (nSPS) is 11.6. The highest BCUT2D eigenvalue weighted by Crippen LogP contribution is 2.20.